The van der Waals surface area contributed by atoms with Crippen LogP contribution >= 0.6 is 0 Å². The zero-order valence-electron chi connectivity index (χ0n) is 11.8. The second-order valence-electron chi connectivity index (χ2n) is 4.39. The van der Waals surface area contributed by atoms with Crippen molar-refractivity contribution in [3.8, 4) is 17.0 Å². The van der Waals surface area contributed by atoms with Crippen LogP contribution in [0.15, 0.2) is 63.7 Å². The molecule has 22 heavy (non-hydrogen) atoms. The third kappa shape index (κ3) is 2.64. The van der Waals surface area contributed by atoms with Gasteiger partial charge in [0.15, 0.2) is 11.5 Å². The van der Waals surface area contributed by atoms with Crippen molar-refractivity contribution in [3.05, 3.63) is 59.0 Å². The fourth-order valence-corrected chi connectivity index (χ4v) is 2.01. The number of aromatic nitrogens is 3. The first kappa shape index (κ1) is 13.7. The van der Waals surface area contributed by atoms with Crippen molar-refractivity contribution in [2.24, 2.45) is 10.2 Å². The predicted octanol–water partition coefficient (Wildman–Crippen LogP) is 3.19. The molecule has 0 bridgehead atoms. The molecular formula is C15H13N5O2. The summed E-state index contributed by atoms with van der Waals surface area (Å²) in [5.41, 5.74) is 1.05. The first-order valence-corrected chi connectivity index (χ1v) is 6.56. The minimum absolute atomic E-state index is 0.176. The summed E-state index contributed by atoms with van der Waals surface area (Å²) in [6.07, 6.45) is 1.61. The third-order valence-electron chi connectivity index (χ3n) is 3.03. The minimum atomic E-state index is -0.361. The highest BCUT2D eigenvalue weighted by molar-refractivity contribution is 5.76. The molecule has 7 nitrogen and oxygen atoms in total. The first-order valence-electron chi connectivity index (χ1n) is 6.56. The van der Waals surface area contributed by atoms with E-state index in [0.29, 0.717) is 17.3 Å². The second kappa shape index (κ2) is 6.04. The Hall–Kier alpha value is -3.22. The zero-order chi connectivity index (χ0) is 15.4. The van der Waals surface area contributed by atoms with E-state index >= 15 is 0 Å². The predicted molar refractivity (Wildman–Crippen MR) is 81.8 cm³/mol. The number of methoxy groups -OCH3 is 1. The molecule has 3 aromatic rings. The van der Waals surface area contributed by atoms with Crippen LogP contribution in [-0.2, 0) is 0 Å². The number of para-hydroxylation sites is 1. The van der Waals surface area contributed by atoms with Gasteiger partial charge in [-0.2, -0.15) is 0 Å². The van der Waals surface area contributed by atoms with Gasteiger partial charge < -0.3 is 4.74 Å². The molecule has 110 valence electrons. The fraction of sp³-hybridized carbons (Fsp3) is 0.0667. The van der Waals surface area contributed by atoms with Gasteiger partial charge >= 0.3 is 0 Å². The standard InChI is InChI=1S/C15H13N5O2/c1-22-11-7-3-2-6-10(11)13-14(15(21)20-18-13)19-17-12-8-4-5-9-16-12/h2-9H,1H3,(H2,18,20,21). The van der Waals surface area contributed by atoms with Gasteiger partial charge in [0.1, 0.15) is 5.75 Å². The van der Waals surface area contributed by atoms with Gasteiger partial charge in [0.25, 0.3) is 5.56 Å². The van der Waals surface area contributed by atoms with E-state index in [4.69, 9.17) is 4.74 Å². The van der Waals surface area contributed by atoms with Crippen LogP contribution < -0.4 is 10.3 Å². The van der Waals surface area contributed by atoms with E-state index < -0.39 is 0 Å². The number of benzene rings is 1. The molecular weight excluding hydrogens is 282 g/mol. The topological polar surface area (TPSA) is 95.5 Å². The van der Waals surface area contributed by atoms with Crippen molar-refractivity contribution < 1.29 is 4.74 Å². The first-order chi connectivity index (χ1) is 10.8. The molecule has 0 aliphatic rings. The number of hydrogen-bond acceptors (Lipinski definition) is 5. The van der Waals surface area contributed by atoms with Crippen LogP contribution in [0.5, 0.6) is 5.75 Å². The SMILES string of the molecule is COc1ccccc1-c1[nH][nH]c(=O)c1N=Nc1ccccn1. The Morgan fingerprint density at radius 2 is 1.86 bits per heavy atom. The number of hydrogen-bond donors (Lipinski definition) is 2. The van der Waals surface area contributed by atoms with Gasteiger partial charge in [-0.15, -0.1) is 10.2 Å². The number of pyridine rings is 1. The summed E-state index contributed by atoms with van der Waals surface area (Å²) >= 11 is 0. The van der Waals surface area contributed by atoms with Crippen molar-refractivity contribution >= 4 is 11.5 Å². The highest BCUT2D eigenvalue weighted by atomic mass is 16.5. The quantitative estimate of drug-likeness (QED) is 0.723. The van der Waals surface area contributed by atoms with Crippen molar-refractivity contribution in [2.75, 3.05) is 7.11 Å². The largest absolute Gasteiger partial charge is 0.496 e. The van der Waals surface area contributed by atoms with Gasteiger partial charge in [0, 0.05) is 11.8 Å². The minimum Gasteiger partial charge on any atom is -0.496 e. The maximum atomic E-state index is 11.9. The highest BCUT2D eigenvalue weighted by Gasteiger charge is 2.15. The molecule has 0 saturated carbocycles. The highest BCUT2D eigenvalue weighted by Crippen LogP contribution is 2.33. The number of aromatic amines is 2. The van der Waals surface area contributed by atoms with Gasteiger partial charge in [-0.05, 0) is 24.3 Å². The number of H-pyrrole nitrogens is 2. The Kier molecular flexibility index (Phi) is 3.78. The Labute approximate surface area is 125 Å². The molecule has 0 amide bonds. The summed E-state index contributed by atoms with van der Waals surface area (Å²) in [5.74, 6) is 1.06. The molecule has 2 aromatic heterocycles. The lowest BCUT2D eigenvalue weighted by molar-refractivity contribution is 0.416. The summed E-state index contributed by atoms with van der Waals surface area (Å²) in [4.78, 5) is 16.0. The molecule has 2 heterocycles. The molecule has 0 spiro atoms. The van der Waals surface area contributed by atoms with E-state index in [9.17, 15) is 4.79 Å². The van der Waals surface area contributed by atoms with E-state index in [-0.39, 0.29) is 11.2 Å². The molecule has 0 fully saturated rings. The Morgan fingerprint density at radius 1 is 1.05 bits per heavy atom. The molecule has 1 aromatic carbocycles. The van der Waals surface area contributed by atoms with Crippen molar-refractivity contribution in [1.82, 2.24) is 15.2 Å². The lowest BCUT2D eigenvalue weighted by Crippen LogP contribution is -1.96. The molecule has 0 radical (unpaired) electrons. The monoisotopic (exact) mass is 295 g/mol. The Morgan fingerprint density at radius 3 is 2.64 bits per heavy atom. The number of nitrogens with one attached hydrogen (secondary N) is 2. The van der Waals surface area contributed by atoms with Gasteiger partial charge in [0.2, 0.25) is 0 Å². The third-order valence-corrected chi connectivity index (χ3v) is 3.03. The van der Waals surface area contributed by atoms with Crippen LogP contribution in [0.3, 0.4) is 0 Å². The van der Waals surface area contributed by atoms with Gasteiger partial charge in [-0.1, -0.05) is 18.2 Å². The molecule has 7 heteroatoms. The molecule has 0 saturated heterocycles. The summed E-state index contributed by atoms with van der Waals surface area (Å²) in [6.45, 7) is 0. The van der Waals surface area contributed by atoms with Gasteiger partial charge in [-0.25, -0.2) is 4.98 Å². The van der Waals surface area contributed by atoms with Gasteiger partial charge in [0.05, 0.1) is 12.8 Å². The smallest absolute Gasteiger partial charge is 0.292 e. The summed E-state index contributed by atoms with van der Waals surface area (Å²) < 4.78 is 5.31. The number of azo groups is 1. The van der Waals surface area contributed by atoms with E-state index in [1.54, 1.807) is 37.6 Å². The van der Waals surface area contributed by atoms with Crippen molar-refractivity contribution in [1.29, 1.82) is 0 Å². The number of rotatable bonds is 4. The maximum absolute atomic E-state index is 11.9. The molecule has 0 unspecified atom stereocenters. The van der Waals surface area contributed by atoms with Crippen LogP contribution in [-0.4, -0.2) is 22.3 Å². The Balaban J connectivity index is 2.05. The second-order valence-corrected chi connectivity index (χ2v) is 4.39. The van der Waals surface area contributed by atoms with Crippen LogP contribution in [0.25, 0.3) is 11.3 Å². The average molecular weight is 295 g/mol. The summed E-state index contributed by atoms with van der Waals surface area (Å²) in [5, 5.41) is 13.3. The van der Waals surface area contributed by atoms with E-state index in [2.05, 4.69) is 25.4 Å². The summed E-state index contributed by atoms with van der Waals surface area (Å²) in [6, 6.07) is 12.6. The van der Waals surface area contributed by atoms with Crippen LogP contribution in [0.1, 0.15) is 0 Å². The molecule has 3 rings (SSSR count). The van der Waals surface area contributed by atoms with E-state index in [1.165, 1.54) is 0 Å². The van der Waals surface area contributed by atoms with E-state index in [1.807, 2.05) is 18.2 Å². The summed E-state index contributed by atoms with van der Waals surface area (Å²) in [7, 11) is 1.57. The average Bonchev–Trinajstić information content (AvgIpc) is 2.94. The lowest BCUT2D eigenvalue weighted by Gasteiger charge is -2.06. The van der Waals surface area contributed by atoms with Crippen molar-refractivity contribution in [2.45, 2.75) is 0 Å². The molecule has 0 aliphatic heterocycles. The Bertz CT molecular complexity index is 852. The van der Waals surface area contributed by atoms with E-state index in [0.717, 1.165) is 5.56 Å². The van der Waals surface area contributed by atoms with Crippen LogP contribution in [0, 0.1) is 0 Å². The molecule has 0 aliphatic carbocycles. The van der Waals surface area contributed by atoms with Gasteiger partial charge in [-0.3, -0.25) is 15.0 Å². The fourth-order valence-electron chi connectivity index (χ4n) is 2.01. The lowest BCUT2D eigenvalue weighted by atomic mass is 10.1. The zero-order valence-corrected chi connectivity index (χ0v) is 11.8. The normalized spacial score (nSPS) is 11.0. The number of nitrogens with zero attached hydrogens (tertiary/aromatic N) is 3. The van der Waals surface area contributed by atoms with Crippen molar-refractivity contribution in [3.63, 3.8) is 0 Å². The maximum Gasteiger partial charge on any atom is 0.292 e. The van der Waals surface area contributed by atoms with Crippen LogP contribution in [0.2, 0.25) is 0 Å². The number of ether oxygens (including phenoxy) is 1. The molecule has 0 atom stereocenters. The molecule has 2 N–H and O–H groups in total. The van der Waals surface area contributed by atoms with Crippen LogP contribution in [0.4, 0.5) is 11.5 Å².